The molecule has 0 fully saturated rings. The molecule has 0 aliphatic carbocycles. The molecular weight excluding hydrogens is 613 g/mol. The lowest BCUT2D eigenvalue weighted by Gasteiger charge is -2.22. The summed E-state index contributed by atoms with van der Waals surface area (Å²) in [6.45, 7) is 22.3. The molecule has 5 heteroatoms. The molecule has 0 spiro atoms. The molecule has 3 aromatic heterocycles. The Kier molecular flexibility index (Phi) is 8.01. The fourth-order valence-corrected chi connectivity index (χ4v) is 6.60. The van der Waals surface area contributed by atoms with E-state index in [0.29, 0.717) is 0 Å². The fraction of sp³-hybridized carbons (Fsp3) is 0.289. The van der Waals surface area contributed by atoms with Crippen LogP contribution in [0.2, 0.25) is 0 Å². The van der Waals surface area contributed by atoms with Gasteiger partial charge in [-0.05, 0) is 100 Å². The van der Waals surface area contributed by atoms with E-state index in [1.54, 1.807) is 0 Å². The van der Waals surface area contributed by atoms with E-state index in [-0.39, 0.29) is 16.2 Å². The first kappa shape index (κ1) is 33.3. The third-order valence-corrected chi connectivity index (χ3v) is 9.66. The SMILES string of the molecule is Cc1cc(C(C)(C)C)ccc1-[n+]1[c-]n(-c2cc(Oc3ccc4c5ccccc5n(-c5cc(C(C)(C)C)ccn5)c4c3)cc(C(C)(C)C)c2)cc1. The number of imidazole rings is 1. The summed E-state index contributed by atoms with van der Waals surface area (Å²) in [5.41, 5.74) is 9.28. The van der Waals surface area contributed by atoms with Gasteiger partial charge in [-0.1, -0.05) is 92.6 Å². The minimum absolute atomic E-state index is 0.00658. The van der Waals surface area contributed by atoms with E-state index in [1.807, 2.05) is 10.8 Å². The number of fused-ring (bicyclic) bond motifs is 3. The zero-order valence-electron chi connectivity index (χ0n) is 31.1. The van der Waals surface area contributed by atoms with Gasteiger partial charge in [0.25, 0.3) is 6.33 Å². The maximum atomic E-state index is 6.74. The van der Waals surface area contributed by atoms with Crippen molar-refractivity contribution >= 4 is 21.8 Å². The fourth-order valence-electron chi connectivity index (χ4n) is 6.60. The van der Waals surface area contributed by atoms with E-state index in [4.69, 9.17) is 9.72 Å². The van der Waals surface area contributed by atoms with Crippen LogP contribution in [0.5, 0.6) is 11.5 Å². The van der Waals surface area contributed by atoms with Crippen molar-refractivity contribution in [2.45, 2.75) is 85.5 Å². The molecule has 0 saturated heterocycles. The number of rotatable bonds is 5. The van der Waals surface area contributed by atoms with E-state index < -0.39 is 0 Å². The van der Waals surface area contributed by atoms with Crippen LogP contribution < -0.4 is 9.30 Å². The van der Waals surface area contributed by atoms with E-state index in [2.05, 4.69) is 188 Å². The topological polar surface area (TPSA) is 35.9 Å². The largest absolute Gasteiger partial charge is 0.458 e. The van der Waals surface area contributed by atoms with Crippen LogP contribution >= 0.6 is 0 Å². The predicted octanol–water partition coefficient (Wildman–Crippen LogP) is 11.0. The van der Waals surface area contributed by atoms with Crippen LogP contribution in [-0.2, 0) is 16.2 Å². The summed E-state index contributed by atoms with van der Waals surface area (Å²) in [5, 5.41) is 2.35. The van der Waals surface area contributed by atoms with Gasteiger partial charge in [-0.25, -0.2) is 4.98 Å². The minimum atomic E-state index is -0.0866. The Labute approximate surface area is 296 Å². The molecule has 0 amide bonds. The number of benzene rings is 4. The Morgan fingerprint density at radius 1 is 0.640 bits per heavy atom. The molecule has 0 bridgehead atoms. The highest BCUT2D eigenvalue weighted by Crippen LogP contribution is 2.37. The summed E-state index contributed by atoms with van der Waals surface area (Å²) in [7, 11) is 0. The Hall–Kier alpha value is -5.16. The summed E-state index contributed by atoms with van der Waals surface area (Å²) >= 11 is 0. The molecular formula is C45H48N4O. The zero-order valence-corrected chi connectivity index (χ0v) is 31.1. The molecule has 5 nitrogen and oxygen atoms in total. The third kappa shape index (κ3) is 6.33. The Morgan fingerprint density at radius 3 is 2.06 bits per heavy atom. The first-order chi connectivity index (χ1) is 23.6. The average molecular weight is 661 g/mol. The van der Waals surface area contributed by atoms with Crippen LogP contribution in [0, 0.1) is 13.3 Å². The smallest absolute Gasteiger partial charge is 0.268 e. The van der Waals surface area contributed by atoms with Gasteiger partial charge in [0.05, 0.1) is 22.4 Å². The van der Waals surface area contributed by atoms with Crippen molar-refractivity contribution in [1.82, 2.24) is 14.1 Å². The lowest BCUT2D eigenvalue weighted by Crippen LogP contribution is -2.29. The summed E-state index contributed by atoms with van der Waals surface area (Å²) in [6.07, 6.45) is 9.61. The third-order valence-electron chi connectivity index (χ3n) is 9.66. The lowest BCUT2D eigenvalue weighted by molar-refractivity contribution is -0.599. The number of aromatic nitrogens is 4. The molecule has 50 heavy (non-hydrogen) atoms. The molecule has 0 aliphatic heterocycles. The molecule has 4 aromatic carbocycles. The van der Waals surface area contributed by atoms with Gasteiger partial charge in [-0.2, -0.15) is 0 Å². The molecule has 254 valence electrons. The second kappa shape index (κ2) is 12.0. The van der Waals surface area contributed by atoms with E-state index >= 15 is 0 Å². The van der Waals surface area contributed by atoms with Crippen LogP contribution in [0.25, 0.3) is 39.0 Å². The van der Waals surface area contributed by atoms with Gasteiger partial charge >= 0.3 is 0 Å². The van der Waals surface area contributed by atoms with Gasteiger partial charge in [0.2, 0.25) is 0 Å². The van der Waals surface area contributed by atoms with E-state index in [1.165, 1.54) is 27.6 Å². The standard InChI is InChI=1S/C45H48N4O/c1-30-23-31(43(2,3)4)15-18-39(30)48-22-21-47(29-48)34-24-33(45(8,9)10)25-36(27-34)50-35-16-17-38-37-13-11-12-14-40(37)49(41(38)28-35)42-26-32(19-20-46-42)44(5,6)7/h11-28H,1-10H3. The highest BCUT2D eigenvalue weighted by molar-refractivity contribution is 6.09. The van der Waals surface area contributed by atoms with Crippen molar-refractivity contribution in [3.8, 4) is 28.7 Å². The summed E-state index contributed by atoms with van der Waals surface area (Å²) in [4.78, 5) is 4.85. The average Bonchev–Trinajstić information content (AvgIpc) is 3.67. The first-order valence-electron chi connectivity index (χ1n) is 17.5. The summed E-state index contributed by atoms with van der Waals surface area (Å²) in [6, 6.07) is 32.4. The van der Waals surface area contributed by atoms with Crippen molar-refractivity contribution < 1.29 is 9.30 Å². The van der Waals surface area contributed by atoms with Crippen molar-refractivity contribution in [2.75, 3.05) is 0 Å². The molecule has 0 atom stereocenters. The van der Waals surface area contributed by atoms with Gasteiger partial charge in [-0.3, -0.25) is 13.7 Å². The number of aryl methyl sites for hydroxylation is 1. The zero-order chi connectivity index (χ0) is 35.6. The van der Waals surface area contributed by atoms with E-state index in [0.717, 1.165) is 45.1 Å². The Bertz CT molecular complexity index is 2370. The van der Waals surface area contributed by atoms with Crippen LogP contribution in [0.3, 0.4) is 0 Å². The molecule has 0 N–H and O–H groups in total. The Morgan fingerprint density at radius 2 is 1.34 bits per heavy atom. The van der Waals surface area contributed by atoms with Crippen molar-refractivity contribution in [2.24, 2.45) is 0 Å². The van der Waals surface area contributed by atoms with Crippen LogP contribution in [0.15, 0.2) is 110 Å². The van der Waals surface area contributed by atoms with Crippen molar-refractivity contribution in [1.29, 1.82) is 0 Å². The van der Waals surface area contributed by atoms with E-state index in [9.17, 15) is 0 Å². The maximum Gasteiger partial charge on any atom is 0.268 e. The summed E-state index contributed by atoms with van der Waals surface area (Å²) in [5.74, 6) is 2.45. The molecule has 0 unspecified atom stereocenters. The molecule has 0 aliphatic rings. The van der Waals surface area contributed by atoms with Gasteiger partial charge in [-0.15, -0.1) is 0 Å². The number of ether oxygens (including phenoxy) is 1. The number of hydrogen-bond acceptors (Lipinski definition) is 2. The number of nitrogens with zero attached hydrogens (tertiary/aromatic N) is 4. The number of para-hydroxylation sites is 1. The second-order valence-corrected chi connectivity index (χ2v) is 16.6. The van der Waals surface area contributed by atoms with Crippen molar-refractivity contribution in [3.05, 3.63) is 138 Å². The second-order valence-electron chi connectivity index (χ2n) is 16.6. The maximum absolute atomic E-state index is 6.74. The monoisotopic (exact) mass is 660 g/mol. The summed E-state index contributed by atoms with van der Waals surface area (Å²) < 4.78 is 13.1. The lowest BCUT2D eigenvalue weighted by atomic mass is 9.86. The van der Waals surface area contributed by atoms with Gasteiger partial charge in [0.15, 0.2) is 0 Å². The minimum Gasteiger partial charge on any atom is -0.458 e. The molecule has 7 rings (SSSR count). The first-order valence-corrected chi connectivity index (χ1v) is 17.5. The Balaban J connectivity index is 1.29. The van der Waals surface area contributed by atoms with Crippen molar-refractivity contribution in [3.63, 3.8) is 0 Å². The van der Waals surface area contributed by atoms with Crippen LogP contribution in [0.4, 0.5) is 0 Å². The molecule has 0 saturated carbocycles. The quantitative estimate of drug-likeness (QED) is 0.136. The molecule has 7 aromatic rings. The normalized spacial score (nSPS) is 12.6. The van der Waals surface area contributed by atoms with Crippen LogP contribution in [-0.4, -0.2) is 14.1 Å². The number of pyridine rings is 1. The van der Waals surface area contributed by atoms with Crippen LogP contribution in [0.1, 0.15) is 84.6 Å². The predicted molar refractivity (Wildman–Crippen MR) is 206 cm³/mol. The van der Waals surface area contributed by atoms with Gasteiger partial charge in [0.1, 0.15) is 17.3 Å². The molecule has 0 radical (unpaired) electrons. The highest BCUT2D eigenvalue weighted by Gasteiger charge is 2.21. The van der Waals surface area contributed by atoms with Gasteiger partial charge in [0, 0.05) is 35.4 Å². The molecule has 3 heterocycles. The number of hydrogen-bond donors (Lipinski definition) is 0. The van der Waals surface area contributed by atoms with Gasteiger partial charge < -0.3 is 4.74 Å². The highest BCUT2D eigenvalue weighted by atomic mass is 16.5.